The number of nitrogens with zero attached hydrogens (tertiary/aromatic N) is 3. The molecule has 12 heteroatoms. The van der Waals surface area contributed by atoms with Gasteiger partial charge in [0.15, 0.2) is 0 Å². The number of benzene rings is 1. The normalized spacial score (nSPS) is 16.2. The molecule has 1 aliphatic heterocycles. The summed E-state index contributed by atoms with van der Waals surface area (Å²) in [6.45, 7) is 4.08. The first-order valence-electron chi connectivity index (χ1n) is 13.2. The molecular weight excluding hydrogens is 580 g/mol. The Labute approximate surface area is 247 Å². The molecule has 1 N–H and O–H groups in total. The molecule has 0 saturated carbocycles. The van der Waals surface area contributed by atoms with Gasteiger partial charge in [-0.2, -0.15) is 18.2 Å². The van der Waals surface area contributed by atoms with Crippen molar-refractivity contribution < 1.29 is 27.4 Å². The van der Waals surface area contributed by atoms with Gasteiger partial charge in [0, 0.05) is 43.0 Å². The van der Waals surface area contributed by atoms with Crippen LogP contribution in [0.5, 0.6) is 11.8 Å². The van der Waals surface area contributed by atoms with E-state index in [9.17, 15) is 18.0 Å². The standard InChI is InChI=1S/C29H31Cl2F3N4O3/c1-18(10-13-36-28(39)26-22(30)16-35-17-23(26)31)38-14-11-20(12-15-38)27(41-25-5-3-4-24(37-25)40-2)19-6-8-21(9-7-19)29(32,33)34/h3-9,16-18,20,27H,10-15H2,1-2H3,(H,36,39). The Morgan fingerprint density at radius 2 is 1.71 bits per heavy atom. The van der Waals surface area contributed by atoms with E-state index in [0.29, 0.717) is 30.3 Å². The highest BCUT2D eigenvalue weighted by Gasteiger charge is 2.33. The Balaban J connectivity index is 1.38. The molecular formula is C29H31Cl2F3N4O3. The summed E-state index contributed by atoms with van der Waals surface area (Å²) in [5, 5.41) is 3.26. The molecule has 1 amide bonds. The van der Waals surface area contributed by atoms with Crippen LogP contribution in [0, 0.1) is 5.92 Å². The van der Waals surface area contributed by atoms with Crippen LogP contribution in [0.1, 0.15) is 53.8 Å². The third-order valence-electron chi connectivity index (χ3n) is 7.28. The Morgan fingerprint density at radius 1 is 1.07 bits per heavy atom. The maximum atomic E-state index is 13.2. The van der Waals surface area contributed by atoms with Crippen LogP contribution in [-0.2, 0) is 6.18 Å². The van der Waals surface area contributed by atoms with E-state index in [1.165, 1.54) is 31.6 Å². The first-order chi connectivity index (χ1) is 19.6. The lowest BCUT2D eigenvalue weighted by molar-refractivity contribution is -0.137. The van der Waals surface area contributed by atoms with Crippen molar-refractivity contribution in [2.24, 2.45) is 5.92 Å². The molecule has 4 rings (SSSR count). The monoisotopic (exact) mass is 610 g/mol. The predicted molar refractivity (Wildman–Crippen MR) is 151 cm³/mol. The van der Waals surface area contributed by atoms with E-state index < -0.39 is 17.8 Å². The molecule has 220 valence electrons. The van der Waals surface area contributed by atoms with Gasteiger partial charge in [-0.15, -0.1) is 0 Å². The smallest absolute Gasteiger partial charge is 0.416 e. The van der Waals surface area contributed by atoms with E-state index in [4.69, 9.17) is 32.7 Å². The highest BCUT2D eigenvalue weighted by Crippen LogP contribution is 2.37. The topological polar surface area (TPSA) is 76.6 Å². The number of likely N-dealkylation sites (tertiary alicyclic amines) is 1. The number of halogens is 5. The predicted octanol–water partition coefficient (Wildman–Crippen LogP) is 6.85. The number of pyridine rings is 2. The van der Waals surface area contributed by atoms with Gasteiger partial charge < -0.3 is 19.7 Å². The molecule has 0 radical (unpaired) electrons. The summed E-state index contributed by atoms with van der Waals surface area (Å²) in [7, 11) is 1.51. The number of hydrogen-bond donors (Lipinski definition) is 1. The maximum Gasteiger partial charge on any atom is 0.416 e. The van der Waals surface area contributed by atoms with E-state index >= 15 is 0 Å². The molecule has 1 saturated heterocycles. The summed E-state index contributed by atoms with van der Waals surface area (Å²) in [5.41, 5.74) is 0.158. The van der Waals surface area contributed by atoms with Gasteiger partial charge in [0.1, 0.15) is 6.10 Å². The van der Waals surface area contributed by atoms with E-state index in [1.54, 1.807) is 18.2 Å². The van der Waals surface area contributed by atoms with Crippen LogP contribution in [0.3, 0.4) is 0 Å². The number of aromatic nitrogens is 2. The zero-order valence-electron chi connectivity index (χ0n) is 22.6. The minimum Gasteiger partial charge on any atom is -0.481 e. The minimum atomic E-state index is -4.42. The average molecular weight is 611 g/mol. The first-order valence-corrected chi connectivity index (χ1v) is 14.0. The summed E-state index contributed by atoms with van der Waals surface area (Å²) in [4.78, 5) is 23.1. The number of rotatable bonds is 10. The Morgan fingerprint density at radius 3 is 2.32 bits per heavy atom. The molecule has 2 unspecified atom stereocenters. The summed E-state index contributed by atoms with van der Waals surface area (Å²) >= 11 is 12.2. The number of piperidine rings is 1. The van der Waals surface area contributed by atoms with Crippen molar-refractivity contribution in [3.8, 4) is 11.8 Å². The number of ether oxygens (including phenoxy) is 2. The number of hydrogen-bond acceptors (Lipinski definition) is 6. The van der Waals surface area contributed by atoms with Gasteiger partial charge in [-0.05, 0) is 57.0 Å². The average Bonchev–Trinajstić information content (AvgIpc) is 2.95. The Kier molecular flexibility index (Phi) is 10.3. The van der Waals surface area contributed by atoms with Crippen LogP contribution in [0.15, 0.2) is 54.9 Å². The van der Waals surface area contributed by atoms with Crippen LogP contribution in [-0.4, -0.2) is 53.6 Å². The maximum absolute atomic E-state index is 13.2. The van der Waals surface area contributed by atoms with E-state index in [1.807, 2.05) is 0 Å². The van der Waals surface area contributed by atoms with Crippen molar-refractivity contribution in [2.45, 2.75) is 44.5 Å². The van der Waals surface area contributed by atoms with E-state index in [2.05, 4.69) is 27.1 Å². The SMILES string of the molecule is COc1cccc(OC(c2ccc(C(F)(F)F)cc2)C2CCN(C(C)CCNC(=O)c3c(Cl)cncc3Cl)CC2)n1. The van der Waals surface area contributed by atoms with Crippen LogP contribution in [0.25, 0.3) is 0 Å². The summed E-state index contributed by atoms with van der Waals surface area (Å²) in [6, 6.07) is 10.5. The third-order valence-corrected chi connectivity index (χ3v) is 7.85. The number of nitrogens with one attached hydrogen (secondary N) is 1. The molecule has 41 heavy (non-hydrogen) atoms. The van der Waals surface area contributed by atoms with Crippen molar-refractivity contribution in [2.75, 3.05) is 26.7 Å². The molecule has 3 aromatic rings. The van der Waals surface area contributed by atoms with Crippen LogP contribution in [0.2, 0.25) is 10.0 Å². The fourth-order valence-electron chi connectivity index (χ4n) is 4.96. The molecule has 2 atom stereocenters. The summed E-state index contributed by atoms with van der Waals surface area (Å²) in [5.74, 6) is 0.433. The number of carbonyl (C=O) groups is 1. The number of carbonyl (C=O) groups excluding carboxylic acids is 1. The van der Waals surface area contributed by atoms with Gasteiger partial charge >= 0.3 is 6.18 Å². The Bertz CT molecular complexity index is 1300. The second-order valence-corrected chi connectivity index (χ2v) is 10.7. The van der Waals surface area contributed by atoms with Gasteiger partial charge in [-0.25, -0.2) is 0 Å². The molecule has 1 aromatic carbocycles. The van der Waals surface area contributed by atoms with Crippen molar-refractivity contribution in [3.05, 3.63) is 81.6 Å². The second kappa shape index (κ2) is 13.7. The zero-order chi connectivity index (χ0) is 29.6. The van der Waals surface area contributed by atoms with Crippen LogP contribution >= 0.6 is 23.2 Å². The molecule has 7 nitrogen and oxygen atoms in total. The fraction of sp³-hybridized carbons (Fsp3) is 0.414. The van der Waals surface area contributed by atoms with Crippen molar-refractivity contribution in [3.63, 3.8) is 0 Å². The van der Waals surface area contributed by atoms with Crippen LogP contribution < -0.4 is 14.8 Å². The van der Waals surface area contributed by atoms with Gasteiger partial charge in [0.05, 0.1) is 28.3 Å². The van der Waals surface area contributed by atoms with Crippen molar-refractivity contribution >= 4 is 29.1 Å². The first kappa shape index (κ1) is 30.9. The minimum absolute atomic E-state index is 0.0545. The van der Waals surface area contributed by atoms with E-state index in [0.717, 1.165) is 38.1 Å². The summed E-state index contributed by atoms with van der Waals surface area (Å²) in [6.07, 6.45) is 0.110. The molecule has 3 heterocycles. The van der Waals surface area contributed by atoms with E-state index in [-0.39, 0.29) is 33.5 Å². The zero-order valence-corrected chi connectivity index (χ0v) is 24.1. The molecule has 0 bridgehead atoms. The molecule has 2 aromatic heterocycles. The lowest BCUT2D eigenvalue weighted by Crippen LogP contribution is -2.43. The quantitative estimate of drug-likeness (QED) is 0.270. The summed E-state index contributed by atoms with van der Waals surface area (Å²) < 4.78 is 51.0. The third kappa shape index (κ3) is 8.02. The van der Waals surface area contributed by atoms with Crippen LogP contribution in [0.4, 0.5) is 13.2 Å². The second-order valence-electron chi connectivity index (χ2n) is 9.92. The Hall–Kier alpha value is -3.08. The van der Waals surface area contributed by atoms with Crippen molar-refractivity contribution in [1.82, 2.24) is 20.2 Å². The largest absolute Gasteiger partial charge is 0.481 e. The van der Waals surface area contributed by atoms with Crippen molar-refractivity contribution in [1.29, 1.82) is 0 Å². The lowest BCUT2D eigenvalue weighted by atomic mass is 9.86. The highest BCUT2D eigenvalue weighted by atomic mass is 35.5. The highest BCUT2D eigenvalue weighted by molar-refractivity contribution is 6.39. The molecule has 1 fully saturated rings. The van der Waals surface area contributed by atoms with Gasteiger partial charge in [-0.3, -0.25) is 9.78 Å². The number of methoxy groups -OCH3 is 1. The molecule has 1 aliphatic rings. The van der Waals surface area contributed by atoms with Gasteiger partial charge in [0.25, 0.3) is 5.91 Å². The number of alkyl halides is 3. The van der Waals surface area contributed by atoms with Gasteiger partial charge in [-0.1, -0.05) is 41.4 Å². The lowest BCUT2D eigenvalue weighted by Gasteiger charge is -2.39. The fourth-order valence-corrected chi connectivity index (χ4v) is 5.50. The molecule has 0 aliphatic carbocycles. The van der Waals surface area contributed by atoms with Gasteiger partial charge in [0.2, 0.25) is 11.8 Å². The number of amides is 1. The molecule has 0 spiro atoms.